The van der Waals surface area contributed by atoms with E-state index in [1.165, 1.54) is 0 Å². The topological polar surface area (TPSA) is 88.5 Å². The van der Waals surface area contributed by atoms with Gasteiger partial charge in [-0.05, 0) is 26.3 Å². The van der Waals surface area contributed by atoms with Gasteiger partial charge in [0.25, 0.3) is 0 Å². The highest BCUT2D eigenvalue weighted by Gasteiger charge is 2.11. The van der Waals surface area contributed by atoms with Crippen molar-refractivity contribution in [1.82, 2.24) is 20.8 Å². The number of guanidine groups is 1. The number of aryl methyl sites for hydroxylation is 2. The molecule has 0 aliphatic rings. The van der Waals surface area contributed by atoms with Gasteiger partial charge in [0.1, 0.15) is 17.9 Å². The zero-order chi connectivity index (χ0) is 19.9. The third-order valence-corrected chi connectivity index (χ3v) is 4.53. The van der Waals surface area contributed by atoms with Crippen LogP contribution in [0.2, 0.25) is 0 Å². The maximum absolute atomic E-state index is 5.94. The molecule has 0 saturated heterocycles. The Hall–Kier alpha value is -2.83. The number of hydrogen-bond acceptors (Lipinski definition) is 5. The minimum atomic E-state index is 0.282. The molecule has 0 saturated carbocycles. The van der Waals surface area contributed by atoms with Crippen LogP contribution in [0.3, 0.4) is 0 Å². The molecule has 150 valence electrons. The molecule has 0 fully saturated rings. The zero-order valence-electron chi connectivity index (χ0n) is 17.1. The van der Waals surface area contributed by atoms with Crippen molar-refractivity contribution >= 4 is 16.9 Å². The zero-order valence-corrected chi connectivity index (χ0v) is 17.1. The van der Waals surface area contributed by atoms with Crippen LogP contribution in [0.1, 0.15) is 56.1 Å². The number of para-hydroxylation sites is 1. The Morgan fingerprint density at radius 2 is 2.04 bits per heavy atom. The molecule has 0 unspecified atom stereocenters. The van der Waals surface area contributed by atoms with Gasteiger partial charge in [-0.25, -0.2) is 4.99 Å². The van der Waals surface area contributed by atoms with E-state index >= 15 is 0 Å². The van der Waals surface area contributed by atoms with Crippen molar-refractivity contribution in [2.45, 2.75) is 53.0 Å². The summed E-state index contributed by atoms with van der Waals surface area (Å²) in [6, 6.07) is 8.07. The van der Waals surface area contributed by atoms with E-state index in [-0.39, 0.29) is 5.92 Å². The third kappa shape index (κ3) is 4.91. The number of nitrogens with one attached hydrogen (secondary N) is 2. The van der Waals surface area contributed by atoms with Gasteiger partial charge >= 0.3 is 0 Å². The van der Waals surface area contributed by atoms with Gasteiger partial charge in [0.15, 0.2) is 11.8 Å². The van der Waals surface area contributed by atoms with Crippen LogP contribution >= 0.6 is 0 Å². The smallest absolute Gasteiger partial charge is 0.226 e. The predicted octanol–water partition coefficient (Wildman–Crippen LogP) is 3.94. The standard InChI is InChI=1S/C21H29N5O2/c1-5-22-21(23-12-8-11-19-25-20(14(2)3)26-28-19)24-13-18-15(4)16-9-6-7-10-17(16)27-18/h6-7,9-10,14H,5,8,11-13H2,1-4H3,(H2,22,23,24). The summed E-state index contributed by atoms with van der Waals surface area (Å²) in [6.45, 7) is 10.3. The molecule has 0 radical (unpaired) electrons. The van der Waals surface area contributed by atoms with E-state index in [1.54, 1.807) is 0 Å². The van der Waals surface area contributed by atoms with E-state index in [0.717, 1.165) is 60.0 Å². The molecule has 0 aliphatic heterocycles. The molecule has 0 aliphatic carbocycles. The molecule has 2 heterocycles. The number of nitrogens with zero attached hydrogens (tertiary/aromatic N) is 3. The Morgan fingerprint density at radius 1 is 1.21 bits per heavy atom. The van der Waals surface area contributed by atoms with Crippen LogP contribution in [0.15, 0.2) is 38.2 Å². The number of hydrogen-bond donors (Lipinski definition) is 2. The maximum Gasteiger partial charge on any atom is 0.226 e. The van der Waals surface area contributed by atoms with Crippen LogP contribution in [-0.2, 0) is 13.0 Å². The van der Waals surface area contributed by atoms with Crippen LogP contribution in [-0.4, -0.2) is 29.2 Å². The number of furan rings is 1. The molecule has 0 atom stereocenters. The fourth-order valence-electron chi connectivity index (χ4n) is 2.92. The van der Waals surface area contributed by atoms with E-state index in [2.05, 4.69) is 59.5 Å². The molecule has 28 heavy (non-hydrogen) atoms. The van der Waals surface area contributed by atoms with Crippen molar-refractivity contribution in [1.29, 1.82) is 0 Å². The summed E-state index contributed by atoms with van der Waals surface area (Å²) in [5.41, 5.74) is 2.05. The lowest BCUT2D eigenvalue weighted by atomic mass is 10.1. The molecule has 7 heteroatoms. The van der Waals surface area contributed by atoms with Crippen LogP contribution in [0.25, 0.3) is 11.0 Å². The number of aliphatic imine (C=N–C) groups is 1. The van der Waals surface area contributed by atoms with Gasteiger partial charge in [0.05, 0.1) is 0 Å². The van der Waals surface area contributed by atoms with Crippen molar-refractivity contribution in [2.24, 2.45) is 4.99 Å². The first-order valence-electron chi connectivity index (χ1n) is 9.90. The highest BCUT2D eigenvalue weighted by atomic mass is 16.5. The molecule has 2 N–H and O–H groups in total. The molecule has 0 bridgehead atoms. The molecular weight excluding hydrogens is 354 g/mol. The molecule has 0 amide bonds. The maximum atomic E-state index is 5.94. The third-order valence-electron chi connectivity index (χ3n) is 4.53. The first kappa shape index (κ1) is 19.9. The van der Waals surface area contributed by atoms with Crippen molar-refractivity contribution in [3.05, 3.63) is 47.3 Å². The van der Waals surface area contributed by atoms with E-state index < -0.39 is 0 Å². The minimum absolute atomic E-state index is 0.282. The van der Waals surface area contributed by atoms with Gasteiger partial charge in [0.2, 0.25) is 5.89 Å². The number of aromatic nitrogens is 2. The number of benzene rings is 1. The number of rotatable bonds is 8. The fraction of sp³-hybridized carbons (Fsp3) is 0.476. The van der Waals surface area contributed by atoms with Gasteiger partial charge in [-0.1, -0.05) is 37.2 Å². The second kappa shape index (κ2) is 9.39. The average Bonchev–Trinajstić information content (AvgIpc) is 3.28. The summed E-state index contributed by atoms with van der Waals surface area (Å²) < 4.78 is 11.2. The molecule has 3 rings (SSSR count). The van der Waals surface area contributed by atoms with Gasteiger partial charge < -0.3 is 19.6 Å². The highest BCUT2D eigenvalue weighted by molar-refractivity contribution is 5.82. The minimum Gasteiger partial charge on any atom is -0.459 e. The van der Waals surface area contributed by atoms with Gasteiger partial charge in [-0.15, -0.1) is 0 Å². The summed E-state index contributed by atoms with van der Waals surface area (Å²) >= 11 is 0. The van der Waals surface area contributed by atoms with Crippen molar-refractivity contribution in [3.8, 4) is 0 Å². The van der Waals surface area contributed by atoms with E-state index in [4.69, 9.17) is 8.94 Å². The van der Waals surface area contributed by atoms with Crippen molar-refractivity contribution < 1.29 is 8.94 Å². The first-order valence-corrected chi connectivity index (χ1v) is 9.90. The first-order chi connectivity index (χ1) is 13.6. The molecule has 1 aromatic carbocycles. The van der Waals surface area contributed by atoms with Crippen molar-refractivity contribution in [3.63, 3.8) is 0 Å². The Kier molecular flexibility index (Phi) is 6.68. The van der Waals surface area contributed by atoms with Gasteiger partial charge in [-0.2, -0.15) is 4.98 Å². The monoisotopic (exact) mass is 383 g/mol. The van der Waals surface area contributed by atoms with Crippen LogP contribution in [0.4, 0.5) is 0 Å². The predicted molar refractivity (Wildman–Crippen MR) is 110 cm³/mol. The van der Waals surface area contributed by atoms with E-state index in [9.17, 15) is 0 Å². The largest absolute Gasteiger partial charge is 0.459 e. The quantitative estimate of drug-likeness (QED) is 0.348. The summed E-state index contributed by atoms with van der Waals surface area (Å²) in [6.07, 6.45) is 1.63. The molecule has 7 nitrogen and oxygen atoms in total. The van der Waals surface area contributed by atoms with Gasteiger partial charge in [0, 0.05) is 36.4 Å². The summed E-state index contributed by atoms with van der Waals surface area (Å²) in [7, 11) is 0. The summed E-state index contributed by atoms with van der Waals surface area (Å²) in [5.74, 6) is 3.40. The molecule has 0 spiro atoms. The van der Waals surface area contributed by atoms with Crippen molar-refractivity contribution in [2.75, 3.05) is 13.1 Å². The summed E-state index contributed by atoms with van der Waals surface area (Å²) in [4.78, 5) is 9.07. The van der Waals surface area contributed by atoms with E-state index in [1.807, 2.05) is 18.2 Å². The molecule has 2 aromatic heterocycles. The lowest BCUT2D eigenvalue weighted by molar-refractivity contribution is 0.368. The van der Waals surface area contributed by atoms with Crippen LogP contribution in [0.5, 0.6) is 0 Å². The average molecular weight is 383 g/mol. The number of fused-ring (bicyclic) bond motifs is 1. The lowest BCUT2D eigenvalue weighted by Gasteiger charge is -2.10. The second-order valence-electron chi connectivity index (χ2n) is 7.07. The highest BCUT2D eigenvalue weighted by Crippen LogP contribution is 2.25. The Balaban J connectivity index is 1.54. The normalized spacial score (nSPS) is 12.1. The Bertz CT molecular complexity index is 926. The Morgan fingerprint density at radius 3 is 2.75 bits per heavy atom. The SMILES string of the molecule is CCNC(=NCc1oc2ccccc2c1C)NCCCc1nc(C(C)C)no1. The summed E-state index contributed by atoms with van der Waals surface area (Å²) in [5, 5.41) is 11.8. The fourth-order valence-corrected chi connectivity index (χ4v) is 2.92. The van der Waals surface area contributed by atoms with Crippen LogP contribution < -0.4 is 10.6 Å². The van der Waals surface area contributed by atoms with Crippen LogP contribution in [0, 0.1) is 6.92 Å². The Labute approximate surface area is 165 Å². The van der Waals surface area contributed by atoms with Gasteiger partial charge in [-0.3, -0.25) is 0 Å². The molecular formula is C21H29N5O2. The second-order valence-corrected chi connectivity index (χ2v) is 7.07. The lowest BCUT2D eigenvalue weighted by Crippen LogP contribution is -2.37. The van der Waals surface area contributed by atoms with E-state index in [0.29, 0.717) is 12.4 Å². The molecule has 3 aromatic rings.